The minimum Gasteiger partial charge on any atom is -0.379 e. The van der Waals surface area contributed by atoms with Gasteiger partial charge in [0, 0.05) is 49.8 Å². The Balaban J connectivity index is 1.68. The van der Waals surface area contributed by atoms with E-state index in [0.717, 1.165) is 50.2 Å². The topological polar surface area (TPSA) is 45.6 Å². The molecule has 2 unspecified atom stereocenters. The van der Waals surface area contributed by atoms with Crippen molar-refractivity contribution in [3.05, 3.63) is 53.1 Å². The van der Waals surface area contributed by atoms with Crippen LogP contribution in [0.15, 0.2) is 30.5 Å². The highest BCUT2D eigenvalue weighted by Crippen LogP contribution is 2.41. The third kappa shape index (κ3) is 4.11. The number of rotatable bonds is 6. The second-order valence-electron chi connectivity index (χ2n) is 8.56. The van der Waals surface area contributed by atoms with Crippen molar-refractivity contribution in [2.75, 3.05) is 39.4 Å². The first-order valence-corrected chi connectivity index (χ1v) is 11.3. The molecule has 0 bridgehead atoms. The molecule has 7 heteroatoms. The molecule has 30 heavy (non-hydrogen) atoms. The Labute approximate surface area is 185 Å². The summed E-state index contributed by atoms with van der Waals surface area (Å²) in [6.45, 7) is 14.4. The van der Waals surface area contributed by atoms with Crippen LogP contribution in [-0.2, 0) is 4.74 Å². The molecule has 0 aliphatic carbocycles. The quantitative estimate of drug-likeness (QED) is 0.713. The normalized spacial score (nSPS) is 22.7. The first kappa shape index (κ1) is 21.3. The maximum atomic E-state index is 5.83. The predicted molar refractivity (Wildman–Crippen MR) is 124 cm³/mol. The largest absolute Gasteiger partial charge is 0.379 e. The van der Waals surface area contributed by atoms with Crippen LogP contribution >= 0.6 is 12.2 Å². The summed E-state index contributed by atoms with van der Waals surface area (Å²) in [7, 11) is 0. The molecule has 2 atom stereocenters. The summed E-state index contributed by atoms with van der Waals surface area (Å²) in [6.07, 6.45) is 1.87. The number of morpholine rings is 1. The van der Waals surface area contributed by atoms with Crippen LogP contribution < -0.4 is 5.32 Å². The Morgan fingerprint density at radius 2 is 1.97 bits per heavy atom. The minimum absolute atomic E-state index is 0.0458. The fourth-order valence-corrected chi connectivity index (χ4v) is 5.29. The van der Waals surface area contributed by atoms with Gasteiger partial charge in [-0.05, 0) is 63.7 Å². The summed E-state index contributed by atoms with van der Waals surface area (Å²) in [5.74, 6) is 0. The average Bonchev–Trinajstić information content (AvgIpc) is 3.23. The first-order valence-electron chi connectivity index (χ1n) is 10.9. The molecule has 2 aliphatic rings. The molecule has 4 rings (SSSR count). The standard InChI is InChI=1S/C23H33N5OS/c1-16(2)28-17(3)15-19(18(28)4)22-21(20-7-5-6-8-24-20)25-23(30)27(22)10-9-26-11-13-29-14-12-26/h5-8,15-16,21-22H,9-14H2,1-4H3,(H,25,30). The highest BCUT2D eigenvalue weighted by molar-refractivity contribution is 7.80. The van der Waals surface area contributed by atoms with Gasteiger partial charge < -0.3 is 19.5 Å². The molecule has 6 nitrogen and oxygen atoms in total. The van der Waals surface area contributed by atoms with Crippen molar-refractivity contribution in [3.8, 4) is 0 Å². The van der Waals surface area contributed by atoms with E-state index in [2.05, 4.69) is 70.6 Å². The Morgan fingerprint density at radius 1 is 1.20 bits per heavy atom. The van der Waals surface area contributed by atoms with Crippen LogP contribution in [-0.4, -0.2) is 63.9 Å². The van der Waals surface area contributed by atoms with Gasteiger partial charge >= 0.3 is 0 Å². The van der Waals surface area contributed by atoms with E-state index in [9.17, 15) is 0 Å². The zero-order chi connectivity index (χ0) is 21.3. The zero-order valence-corrected chi connectivity index (χ0v) is 19.3. The second-order valence-corrected chi connectivity index (χ2v) is 8.95. The van der Waals surface area contributed by atoms with E-state index >= 15 is 0 Å². The molecule has 2 aliphatic heterocycles. The van der Waals surface area contributed by atoms with Gasteiger partial charge in [-0.15, -0.1) is 0 Å². The van der Waals surface area contributed by atoms with Gasteiger partial charge in [-0.25, -0.2) is 0 Å². The second kappa shape index (κ2) is 9.04. The number of nitrogens with one attached hydrogen (secondary N) is 1. The molecule has 2 aromatic heterocycles. The van der Waals surface area contributed by atoms with Crippen LogP contribution in [0, 0.1) is 13.8 Å². The van der Waals surface area contributed by atoms with Crippen molar-refractivity contribution in [3.63, 3.8) is 0 Å². The summed E-state index contributed by atoms with van der Waals surface area (Å²) in [5.41, 5.74) is 4.98. The highest BCUT2D eigenvalue weighted by Gasteiger charge is 2.41. The van der Waals surface area contributed by atoms with E-state index in [1.165, 1.54) is 17.0 Å². The lowest BCUT2D eigenvalue weighted by molar-refractivity contribution is 0.0350. The van der Waals surface area contributed by atoms with Crippen LogP contribution in [0.5, 0.6) is 0 Å². The van der Waals surface area contributed by atoms with Gasteiger partial charge in [0.2, 0.25) is 0 Å². The molecule has 0 amide bonds. The van der Waals surface area contributed by atoms with E-state index in [1.54, 1.807) is 0 Å². The molecule has 1 N–H and O–H groups in total. The van der Waals surface area contributed by atoms with Gasteiger partial charge in [-0.1, -0.05) is 6.07 Å². The number of thiocarbonyl (C=S) groups is 1. The summed E-state index contributed by atoms with van der Waals surface area (Å²) < 4.78 is 7.93. The number of hydrogen-bond donors (Lipinski definition) is 1. The molecule has 162 valence electrons. The van der Waals surface area contributed by atoms with Crippen LogP contribution in [0.25, 0.3) is 0 Å². The fourth-order valence-electron chi connectivity index (χ4n) is 4.96. The van der Waals surface area contributed by atoms with E-state index < -0.39 is 0 Å². The Hall–Kier alpha value is -1.96. The van der Waals surface area contributed by atoms with Crippen LogP contribution in [0.1, 0.15) is 54.6 Å². The number of aromatic nitrogens is 2. The molecular formula is C23H33N5OS. The number of pyridine rings is 1. The Morgan fingerprint density at radius 3 is 2.60 bits per heavy atom. The van der Waals surface area contributed by atoms with E-state index in [1.807, 2.05) is 12.3 Å². The third-order valence-corrected chi connectivity index (χ3v) is 6.67. The summed E-state index contributed by atoms with van der Waals surface area (Å²) in [6, 6.07) is 9.06. The zero-order valence-electron chi connectivity index (χ0n) is 18.5. The highest BCUT2D eigenvalue weighted by atomic mass is 32.1. The Kier molecular flexibility index (Phi) is 6.41. The first-order chi connectivity index (χ1) is 14.5. The lowest BCUT2D eigenvalue weighted by atomic mass is 9.96. The van der Waals surface area contributed by atoms with Gasteiger partial charge in [0.1, 0.15) is 0 Å². The lowest BCUT2D eigenvalue weighted by Gasteiger charge is -2.32. The van der Waals surface area contributed by atoms with E-state index in [0.29, 0.717) is 6.04 Å². The van der Waals surface area contributed by atoms with Crippen molar-refractivity contribution in [1.82, 2.24) is 24.7 Å². The minimum atomic E-state index is 0.0458. The van der Waals surface area contributed by atoms with Crippen molar-refractivity contribution in [2.24, 2.45) is 0 Å². The average molecular weight is 428 g/mol. The molecular weight excluding hydrogens is 394 g/mol. The predicted octanol–water partition coefficient (Wildman–Crippen LogP) is 3.39. The summed E-state index contributed by atoms with van der Waals surface area (Å²) in [5, 5.41) is 4.40. The van der Waals surface area contributed by atoms with Crippen molar-refractivity contribution < 1.29 is 4.74 Å². The van der Waals surface area contributed by atoms with Gasteiger partial charge in [0.15, 0.2) is 5.11 Å². The van der Waals surface area contributed by atoms with Crippen molar-refractivity contribution in [1.29, 1.82) is 0 Å². The molecule has 0 radical (unpaired) electrons. The molecule has 2 aromatic rings. The SMILES string of the molecule is Cc1cc(C2C(c3ccccn3)NC(=S)N2CCN2CCOCC2)c(C)n1C(C)C. The maximum absolute atomic E-state index is 5.83. The van der Waals surface area contributed by atoms with Gasteiger partial charge in [-0.3, -0.25) is 9.88 Å². The number of aryl methyl sites for hydroxylation is 1. The van der Waals surface area contributed by atoms with E-state index in [4.69, 9.17) is 17.0 Å². The van der Waals surface area contributed by atoms with Crippen LogP contribution in [0.3, 0.4) is 0 Å². The van der Waals surface area contributed by atoms with Gasteiger partial charge in [0.25, 0.3) is 0 Å². The van der Waals surface area contributed by atoms with Crippen molar-refractivity contribution >= 4 is 17.3 Å². The molecule has 0 saturated carbocycles. The number of hydrogen-bond acceptors (Lipinski definition) is 4. The van der Waals surface area contributed by atoms with Crippen LogP contribution in [0.2, 0.25) is 0 Å². The Bertz CT molecular complexity index is 875. The fraction of sp³-hybridized carbons (Fsp3) is 0.565. The lowest BCUT2D eigenvalue weighted by Crippen LogP contribution is -2.42. The third-order valence-electron chi connectivity index (χ3n) is 6.32. The molecule has 2 fully saturated rings. The maximum Gasteiger partial charge on any atom is 0.170 e. The van der Waals surface area contributed by atoms with Gasteiger partial charge in [0.05, 0.1) is 31.0 Å². The molecule has 2 saturated heterocycles. The summed E-state index contributed by atoms with van der Waals surface area (Å²) in [4.78, 5) is 9.51. The molecule has 4 heterocycles. The van der Waals surface area contributed by atoms with Crippen LogP contribution in [0.4, 0.5) is 0 Å². The molecule has 0 aromatic carbocycles. The number of ether oxygens (including phenoxy) is 1. The smallest absolute Gasteiger partial charge is 0.170 e. The monoisotopic (exact) mass is 427 g/mol. The van der Waals surface area contributed by atoms with Crippen molar-refractivity contribution in [2.45, 2.75) is 45.8 Å². The summed E-state index contributed by atoms with van der Waals surface area (Å²) >= 11 is 5.83. The molecule has 0 spiro atoms. The van der Waals surface area contributed by atoms with E-state index in [-0.39, 0.29) is 12.1 Å². The van der Waals surface area contributed by atoms with Gasteiger partial charge in [-0.2, -0.15) is 0 Å². The number of nitrogens with zero attached hydrogens (tertiary/aromatic N) is 4.